The van der Waals surface area contributed by atoms with Gasteiger partial charge in [-0.25, -0.2) is 9.97 Å². The molecule has 2 aromatic rings. The van der Waals surface area contributed by atoms with Crippen LogP contribution in [0.2, 0.25) is 5.28 Å². The maximum Gasteiger partial charge on any atom is 0.224 e. The second-order valence-electron chi connectivity index (χ2n) is 4.57. The molecule has 0 amide bonds. The highest BCUT2D eigenvalue weighted by Crippen LogP contribution is 2.21. The van der Waals surface area contributed by atoms with Crippen molar-refractivity contribution in [2.45, 2.75) is 26.7 Å². The van der Waals surface area contributed by atoms with Crippen LogP contribution >= 0.6 is 11.6 Å². The van der Waals surface area contributed by atoms with E-state index in [1.54, 1.807) is 6.20 Å². The molecule has 18 heavy (non-hydrogen) atoms. The van der Waals surface area contributed by atoms with Crippen molar-refractivity contribution in [3.63, 3.8) is 0 Å². The molecule has 1 aromatic heterocycles. The van der Waals surface area contributed by atoms with Gasteiger partial charge in [-0.1, -0.05) is 26.0 Å². The summed E-state index contributed by atoms with van der Waals surface area (Å²) in [4.78, 5) is 8.10. The largest absolute Gasteiger partial charge is 0.340 e. The van der Waals surface area contributed by atoms with Crippen LogP contribution in [0.15, 0.2) is 30.5 Å². The minimum Gasteiger partial charge on any atom is -0.340 e. The number of halogens is 1. The predicted molar refractivity (Wildman–Crippen MR) is 75.6 cm³/mol. The molecule has 2 rings (SSSR count). The number of nitrogens with one attached hydrogen (secondary N) is 1. The van der Waals surface area contributed by atoms with Crippen LogP contribution in [0.1, 0.15) is 30.9 Å². The minimum absolute atomic E-state index is 0.252. The maximum absolute atomic E-state index is 5.79. The number of anilines is 2. The topological polar surface area (TPSA) is 37.8 Å². The minimum atomic E-state index is 0.252. The quantitative estimate of drug-likeness (QED) is 0.837. The monoisotopic (exact) mass is 261 g/mol. The smallest absolute Gasteiger partial charge is 0.224 e. The molecule has 4 heteroatoms. The van der Waals surface area contributed by atoms with Crippen LogP contribution in [-0.4, -0.2) is 9.97 Å². The fraction of sp³-hybridized carbons (Fsp3) is 0.286. The van der Waals surface area contributed by atoms with Gasteiger partial charge >= 0.3 is 0 Å². The Morgan fingerprint density at radius 3 is 2.44 bits per heavy atom. The van der Waals surface area contributed by atoms with E-state index < -0.39 is 0 Å². The van der Waals surface area contributed by atoms with E-state index in [9.17, 15) is 0 Å². The standard InChI is InChI=1S/C14H16ClN3/c1-9(2)11-4-6-12(7-5-11)17-13-10(3)8-16-14(15)18-13/h4-9H,1-3H3,(H,16,17,18). The molecule has 1 heterocycles. The lowest BCUT2D eigenvalue weighted by molar-refractivity contribution is 0.867. The predicted octanol–water partition coefficient (Wildman–Crippen LogP) is 4.31. The molecule has 0 bridgehead atoms. The van der Waals surface area contributed by atoms with Crippen LogP contribution in [-0.2, 0) is 0 Å². The normalized spacial score (nSPS) is 10.7. The number of aryl methyl sites for hydroxylation is 1. The first-order valence-corrected chi connectivity index (χ1v) is 6.30. The number of nitrogens with zero attached hydrogens (tertiary/aromatic N) is 2. The van der Waals surface area contributed by atoms with Crippen molar-refractivity contribution in [1.82, 2.24) is 9.97 Å². The fourth-order valence-electron chi connectivity index (χ4n) is 1.64. The van der Waals surface area contributed by atoms with Crippen LogP contribution in [0.5, 0.6) is 0 Å². The first kappa shape index (κ1) is 12.8. The summed E-state index contributed by atoms with van der Waals surface area (Å²) in [7, 11) is 0. The van der Waals surface area contributed by atoms with Gasteiger partial charge in [0.15, 0.2) is 0 Å². The van der Waals surface area contributed by atoms with E-state index in [4.69, 9.17) is 11.6 Å². The lowest BCUT2D eigenvalue weighted by atomic mass is 10.0. The Hall–Kier alpha value is -1.61. The van der Waals surface area contributed by atoms with E-state index in [1.807, 2.05) is 19.1 Å². The van der Waals surface area contributed by atoms with Crippen LogP contribution in [0.25, 0.3) is 0 Å². The lowest BCUT2D eigenvalue weighted by Crippen LogP contribution is -1.98. The third kappa shape index (κ3) is 2.99. The summed E-state index contributed by atoms with van der Waals surface area (Å²) >= 11 is 5.79. The van der Waals surface area contributed by atoms with Crippen molar-refractivity contribution in [1.29, 1.82) is 0 Å². The van der Waals surface area contributed by atoms with Crippen LogP contribution < -0.4 is 5.32 Å². The van der Waals surface area contributed by atoms with Gasteiger partial charge in [0, 0.05) is 17.4 Å². The summed E-state index contributed by atoms with van der Waals surface area (Å²) in [5.74, 6) is 1.28. The van der Waals surface area contributed by atoms with Gasteiger partial charge in [0.1, 0.15) is 5.82 Å². The van der Waals surface area contributed by atoms with E-state index in [0.717, 1.165) is 17.1 Å². The van der Waals surface area contributed by atoms with E-state index in [1.165, 1.54) is 5.56 Å². The SMILES string of the molecule is Cc1cnc(Cl)nc1Nc1ccc(C(C)C)cc1. The van der Waals surface area contributed by atoms with E-state index >= 15 is 0 Å². The molecule has 0 aliphatic carbocycles. The van der Waals surface area contributed by atoms with Gasteiger partial charge in [0.25, 0.3) is 0 Å². The van der Waals surface area contributed by atoms with E-state index in [2.05, 4.69) is 41.3 Å². The second kappa shape index (κ2) is 5.36. The highest BCUT2D eigenvalue weighted by atomic mass is 35.5. The van der Waals surface area contributed by atoms with Crippen molar-refractivity contribution >= 4 is 23.1 Å². The summed E-state index contributed by atoms with van der Waals surface area (Å²) in [5, 5.41) is 3.50. The van der Waals surface area contributed by atoms with Crippen molar-refractivity contribution < 1.29 is 0 Å². The summed E-state index contributed by atoms with van der Waals surface area (Å²) in [6, 6.07) is 8.33. The molecular formula is C14H16ClN3. The van der Waals surface area contributed by atoms with Gasteiger partial charge in [-0.3, -0.25) is 0 Å². The average Bonchev–Trinajstić information content (AvgIpc) is 2.34. The molecule has 0 saturated carbocycles. The molecule has 0 atom stereocenters. The molecule has 0 unspecified atom stereocenters. The van der Waals surface area contributed by atoms with Crippen molar-refractivity contribution in [2.24, 2.45) is 0 Å². The van der Waals surface area contributed by atoms with Gasteiger partial charge in [-0.05, 0) is 42.1 Å². The van der Waals surface area contributed by atoms with Crippen molar-refractivity contribution in [2.75, 3.05) is 5.32 Å². The molecular weight excluding hydrogens is 246 g/mol. The summed E-state index contributed by atoms with van der Waals surface area (Å²) in [6.07, 6.45) is 1.71. The Kier molecular flexibility index (Phi) is 3.82. The summed E-state index contributed by atoms with van der Waals surface area (Å²) in [6.45, 7) is 6.30. The third-order valence-corrected chi connectivity index (χ3v) is 2.96. The van der Waals surface area contributed by atoms with Gasteiger partial charge in [0.2, 0.25) is 5.28 Å². The molecule has 0 aliphatic heterocycles. The zero-order valence-electron chi connectivity index (χ0n) is 10.7. The van der Waals surface area contributed by atoms with Crippen LogP contribution in [0.3, 0.4) is 0 Å². The highest BCUT2D eigenvalue weighted by Gasteiger charge is 2.04. The summed E-state index contributed by atoms with van der Waals surface area (Å²) < 4.78 is 0. The fourth-order valence-corrected chi connectivity index (χ4v) is 1.77. The van der Waals surface area contributed by atoms with Gasteiger partial charge in [-0.15, -0.1) is 0 Å². The van der Waals surface area contributed by atoms with Crippen LogP contribution in [0.4, 0.5) is 11.5 Å². The molecule has 1 aromatic carbocycles. The summed E-state index contributed by atoms with van der Waals surface area (Å²) in [5.41, 5.74) is 3.28. The van der Waals surface area contributed by atoms with Gasteiger partial charge < -0.3 is 5.32 Å². The number of rotatable bonds is 3. The molecule has 0 aliphatic rings. The molecule has 0 spiro atoms. The molecule has 0 saturated heterocycles. The molecule has 0 radical (unpaired) electrons. The zero-order chi connectivity index (χ0) is 13.1. The second-order valence-corrected chi connectivity index (χ2v) is 4.91. The van der Waals surface area contributed by atoms with Crippen LogP contribution in [0, 0.1) is 6.92 Å². The Labute approximate surface area is 112 Å². The number of benzene rings is 1. The first-order chi connectivity index (χ1) is 8.56. The van der Waals surface area contributed by atoms with E-state index in [-0.39, 0.29) is 5.28 Å². The third-order valence-electron chi connectivity index (χ3n) is 2.78. The highest BCUT2D eigenvalue weighted by molar-refractivity contribution is 6.28. The molecule has 94 valence electrons. The van der Waals surface area contributed by atoms with Gasteiger partial charge in [0.05, 0.1) is 0 Å². The zero-order valence-corrected chi connectivity index (χ0v) is 11.5. The molecule has 1 N–H and O–H groups in total. The Bertz CT molecular complexity index is 535. The Balaban J connectivity index is 2.21. The lowest BCUT2D eigenvalue weighted by Gasteiger charge is -2.10. The molecule has 3 nitrogen and oxygen atoms in total. The first-order valence-electron chi connectivity index (χ1n) is 5.92. The maximum atomic E-state index is 5.79. The van der Waals surface area contributed by atoms with Crippen molar-refractivity contribution in [3.8, 4) is 0 Å². The number of hydrogen-bond donors (Lipinski definition) is 1. The Morgan fingerprint density at radius 2 is 1.83 bits per heavy atom. The van der Waals surface area contributed by atoms with Crippen molar-refractivity contribution in [3.05, 3.63) is 46.9 Å². The number of hydrogen-bond acceptors (Lipinski definition) is 3. The van der Waals surface area contributed by atoms with E-state index in [0.29, 0.717) is 5.92 Å². The Morgan fingerprint density at radius 1 is 1.17 bits per heavy atom. The average molecular weight is 262 g/mol. The number of aromatic nitrogens is 2. The molecule has 0 fully saturated rings. The van der Waals surface area contributed by atoms with Gasteiger partial charge in [-0.2, -0.15) is 0 Å².